The minimum Gasteiger partial charge on any atom is -0.497 e. The Morgan fingerprint density at radius 1 is 1.20 bits per heavy atom. The molecule has 2 aliphatic rings. The van der Waals surface area contributed by atoms with Crippen molar-refractivity contribution < 1.29 is 9.53 Å². The second-order valence-corrected chi connectivity index (χ2v) is 7.03. The van der Waals surface area contributed by atoms with Gasteiger partial charge in [0.25, 0.3) is 0 Å². The molecule has 4 heteroatoms. The SMILES string of the molecule is COc1ccc(N(Cc2ccc3c(c2)CCN3C)C(=O)C2CC2)cc1. The molecule has 1 saturated carbocycles. The molecule has 0 spiro atoms. The molecule has 0 aromatic heterocycles. The van der Waals surface area contributed by atoms with E-state index in [0.717, 1.165) is 37.2 Å². The predicted molar refractivity (Wildman–Crippen MR) is 100 cm³/mol. The van der Waals surface area contributed by atoms with Crippen LogP contribution in [0.2, 0.25) is 0 Å². The lowest BCUT2D eigenvalue weighted by atomic mass is 10.1. The normalized spacial score (nSPS) is 15.8. The van der Waals surface area contributed by atoms with Crippen LogP contribution in [0.3, 0.4) is 0 Å². The van der Waals surface area contributed by atoms with Gasteiger partial charge in [0.1, 0.15) is 5.75 Å². The maximum absolute atomic E-state index is 12.8. The van der Waals surface area contributed by atoms with Crippen LogP contribution in [0.5, 0.6) is 5.75 Å². The quantitative estimate of drug-likeness (QED) is 0.836. The predicted octanol–water partition coefficient (Wildman–Crippen LogP) is 3.63. The van der Waals surface area contributed by atoms with E-state index in [9.17, 15) is 4.79 Å². The smallest absolute Gasteiger partial charge is 0.230 e. The van der Waals surface area contributed by atoms with Gasteiger partial charge in [-0.2, -0.15) is 0 Å². The molecule has 0 radical (unpaired) electrons. The van der Waals surface area contributed by atoms with E-state index in [1.54, 1.807) is 7.11 Å². The van der Waals surface area contributed by atoms with Gasteiger partial charge in [-0.05, 0) is 60.7 Å². The summed E-state index contributed by atoms with van der Waals surface area (Å²) in [6, 6.07) is 14.4. The van der Waals surface area contributed by atoms with Crippen LogP contribution in [-0.2, 0) is 17.8 Å². The van der Waals surface area contributed by atoms with Crippen molar-refractivity contribution in [3.05, 3.63) is 53.6 Å². The number of carbonyl (C=O) groups excluding carboxylic acids is 1. The first-order valence-electron chi connectivity index (χ1n) is 8.94. The van der Waals surface area contributed by atoms with Gasteiger partial charge in [-0.25, -0.2) is 0 Å². The van der Waals surface area contributed by atoms with Gasteiger partial charge in [0, 0.05) is 30.9 Å². The molecule has 1 aliphatic heterocycles. The summed E-state index contributed by atoms with van der Waals surface area (Å²) < 4.78 is 5.24. The van der Waals surface area contributed by atoms with Gasteiger partial charge in [-0.1, -0.05) is 12.1 Å². The fraction of sp³-hybridized carbons (Fsp3) is 0.381. The number of nitrogens with zero attached hydrogens (tertiary/aromatic N) is 2. The highest BCUT2D eigenvalue weighted by Crippen LogP contribution is 2.34. The van der Waals surface area contributed by atoms with Crippen LogP contribution in [0.1, 0.15) is 24.0 Å². The molecule has 1 aliphatic carbocycles. The lowest BCUT2D eigenvalue weighted by molar-refractivity contribution is -0.119. The number of rotatable bonds is 5. The Morgan fingerprint density at radius 3 is 2.64 bits per heavy atom. The number of amides is 1. The highest BCUT2D eigenvalue weighted by atomic mass is 16.5. The second-order valence-electron chi connectivity index (χ2n) is 7.03. The van der Waals surface area contributed by atoms with Crippen molar-refractivity contribution in [1.29, 1.82) is 0 Å². The van der Waals surface area contributed by atoms with Crippen LogP contribution >= 0.6 is 0 Å². The Kier molecular flexibility index (Phi) is 4.12. The molecule has 0 N–H and O–H groups in total. The van der Waals surface area contributed by atoms with Crippen molar-refractivity contribution >= 4 is 17.3 Å². The zero-order valence-corrected chi connectivity index (χ0v) is 14.9. The number of anilines is 2. The van der Waals surface area contributed by atoms with Gasteiger partial charge in [-0.3, -0.25) is 4.79 Å². The number of carbonyl (C=O) groups is 1. The number of hydrogen-bond acceptors (Lipinski definition) is 3. The molecule has 1 heterocycles. The molecule has 2 aromatic carbocycles. The van der Waals surface area contributed by atoms with Gasteiger partial charge in [0.05, 0.1) is 13.7 Å². The highest BCUT2D eigenvalue weighted by molar-refractivity contribution is 5.96. The fourth-order valence-corrected chi connectivity index (χ4v) is 3.51. The first-order chi connectivity index (χ1) is 12.2. The zero-order chi connectivity index (χ0) is 17.4. The summed E-state index contributed by atoms with van der Waals surface area (Å²) in [5.74, 6) is 1.24. The molecule has 1 amide bonds. The molecule has 0 unspecified atom stereocenters. The first kappa shape index (κ1) is 16.0. The Morgan fingerprint density at radius 2 is 1.96 bits per heavy atom. The molecular formula is C21H24N2O2. The molecular weight excluding hydrogens is 312 g/mol. The van der Waals surface area contributed by atoms with Crippen molar-refractivity contribution in [2.75, 3.05) is 30.5 Å². The summed E-state index contributed by atoms with van der Waals surface area (Å²) in [4.78, 5) is 17.1. The average molecular weight is 336 g/mol. The molecule has 4 nitrogen and oxygen atoms in total. The number of hydrogen-bond donors (Lipinski definition) is 0. The number of ether oxygens (including phenoxy) is 1. The Bertz CT molecular complexity index is 781. The second kappa shape index (κ2) is 6.43. The lowest BCUT2D eigenvalue weighted by Gasteiger charge is -2.24. The highest BCUT2D eigenvalue weighted by Gasteiger charge is 2.34. The van der Waals surface area contributed by atoms with Crippen LogP contribution in [0.15, 0.2) is 42.5 Å². The fourth-order valence-electron chi connectivity index (χ4n) is 3.51. The minimum atomic E-state index is 0.197. The summed E-state index contributed by atoms with van der Waals surface area (Å²) >= 11 is 0. The molecule has 0 bridgehead atoms. The summed E-state index contributed by atoms with van der Waals surface area (Å²) in [5, 5.41) is 0. The van der Waals surface area contributed by atoms with Crippen LogP contribution in [-0.4, -0.2) is 26.6 Å². The maximum Gasteiger partial charge on any atom is 0.230 e. The lowest BCUT2D eigenvalue weighted by Crippen LogP contribution is -2.31. The minimum absolute atomic E-state index is 0.197. The molecule has 0 saturated heterocycles. The van der Waals surface area contributed by atoms with E-state index in [1.165, 1.54) is 16.8 Å². The Labute approximate surface area is 149 Å². The third-order valence-electron chi connectivity index (χ3n) is 5.19. The first-order valence-corrected chi connectivity index (χ1v) is 8.94. The monoisotopic (exact) mass is 336 g/mol. The Balaban J connectivity index is 1.61. The van der Waals surface area contributed by atoms with E-state index >= 15 is 0 Å². The average Bonchev–Trinajstić information content (AvgIpc) is 3.43. The number of likely N-dealkylation sites (N-methyl/N-ethyl adjacent to an activating group) is 1. The van der Waals surface area contributed by atoms with Crippen LogP contribution in [0.4, 0.5) is 11.4 Å². The van der Waals surface area contributed by atoms with Crippen molar-refractivity contribution in [2.45, 2.75) is 25.8 Å². The van der Waals surface area contributed by atoms with Crippen LogP contribution < -0.4 is 14.5 Å². The van der Waals surface area contributed by atoms with Gasteiger partial charge in [0.2, 0.25) is 5.91 Å². The molecule has 2 aromatic rings. The van der Waals surface area contributed by atoms with E-state index in [2.05, 4.69) is 30.1 Å². The van der Waals surface area contributed by atoms with Crippen molar-refractivity contribution in [3.8, 4) is 5.75 Å². The van der Waals surface area contributed by atoms with Gasteiger partial charge in [-0.15, -0.1) is 0 Å². The van der Waals surface area contributed by atoms with Crippen molar-refractivity contribution in [1.82, 2.24) is 0 Å². The van der Waals surface area contributed by atoms with Gasteiger partial charge < -0.3 is 14.5 Å². The summed E-state index contributed by atoms with van der Waals surface area (Å²) in [5.41, 5.74) is 4.83. The molecule has 0 atom stereocenters. The van der Waals surface area contributed by atoms with Gasteiger partial charge in [0.15, 0.2) is 0 Å². The number of benzene rings is 2. The summed E-state index contributed by atoms with van der Waals surface area (Å²) in [7, 11) is 3.79. The molecule has 1 fully saturated rings. The van der Waals surface area contributed by atoms with Crippen LogP contribution in [0, 0.1) is 5.92 Å². The third kappa shape index (κ3) is 3.21. The van der Waals surface area contributed by atoms with E-state index in [0.29, 0.717) is 6.54 Å². The van der Waals surface area contributed by atoms with E-state index in [4.69, 9.17) is 4.74 Å². The number of methoxy groups -OCH3 is 1. The van der Waals surface area contributed by atoms with Crippen molar-refractivity contribution in [2.24, 2.45) is 5.92 Å². The summed E-state index contributed by atoms with van der Waals surface area (Å²) in [6.07, 6.45) is 3.11. The number of fused-ring (bicyclic) bond motifs is 1. The van der Waals surface area contributed by atoms with E-state index < -0.39 is 0 Å². The topological polar surface area (TPSA) is 32.8 Å². The molecule has 130 valence electrons. The van der Waals surface area contributed by atoms with Crippen molar-refractivity contribution in [3.63, 3.8) is 0 Å². The molecule has 4 rings (SSSR count). The third-order valence-corrected chi connectivity index (χ3v) is 5.19. The zero-order valence-electron chi connectivity index (χ0n) is 14.9. The maximum atomic E-state index is 12.8. The largest absolute Gasteiger partial charge is 0.497 e. The Hall–Kier alpha value is -2.49. The molecule has 25 heavy (non-hydrogen) atoms. The van der Waals surface area contributed by atoms with E-state index in [1.807, 2.05) is 29.2 Å². The summed E-state index contributed by atoms with van der Waals surface area (Å²) in [6.45, 7) is 1.70. The van der Waals surface area contributed by atoms with E-state index in [-0.39, 0.29) is 11.8 Å². The van der Waals surface area contributed by atoms with Gasteiger partial charge >= 0.3 is 0 Å². The standard InChI is InChI=1S/C21H24N2O2/c1-22-12-11-17-13-15(3-10-20(17)22)14-23(21(24)16-4-5-16)18-6-8-19(25-2)9-7-18/h3,6-10,13,16H,4-5,11-12,14H2,1-2H3. The van der Waals surface area contributed by atoms with Crippen LogP contribution in [0.25, 0.3) is 0 Å².